The van der Waals surface area contributed by atoms with Crippen LogP contribution in [0.1, 0.15) is 0 Å². The maximum atomic E-state index is 11.4. The zero-order valence-corrected chi connectivity index (χ0v) is 13.2. The summed E-state index contributed by atoms with van der Waals surface area (Å²) in [5.74, 6) is 0.368. The Bertz CT molecular complexity index is 800. The molecule has 0 saturated carbocycles. The molecule has 2 aromatic rings. The molecule has 5 atom stereocenters. The molecule has 3 rings (SSSR count). The van der Waals surface area contributed by atoms with E-state index in [4.69, 9.17) is 18.6 Å². The molecule has 1 aromatic heterocycles. The van der Waals surface area contributed by atoms with Crippen LogP contribution < -0.4 is 15.1 Å². The average Bonchev–Trinajstić information content (AvgIpc) is 2.61. The summed E-state index contributed by atoms with van der Waals surface area (Å²) >= 11 is 0. The molecule has 25 heavy (non-hydrogen) atoms. The molecule has 136 valence electrons. The zero-order valence-electron chi connectivity index (χ0n) is 13.2. The summed E-state index contributed by atoms with van der Waals surface area (Å²) in [6.07, 6.45) is -7.11. The van der Waals surface area contributed by atoms with Crippen molar-refractivity contribution in [2.75, 3.05) is 13.7 Å². The van der Waals surface area contributed by atoms with Crippen molar-refractivity contribution in [3.05, 3.63) is 34.7 Å². The average molecular weight is 354 g/mol. The molecule has 4 N–H and O–H groups in total. The topological polar surface area (TPSA) is 139 Å². The molecule has 1 aromatic carbocycles. The van der Waals surface area contributed by atoms with E-state index in [9.17, 15) is 25.2 Å². The number of ether oxygens (including phenoxy) is 3. The first-order chi connectivity index (χ1) is 11.9. The van der Waals surface area contributed by atoms with Crippen LogP contribution in [0.5, 0.6) is 11.5 Å². The third-order valence-corrected chi connectivity index (χ3v) is 4.00. The fourth-order valence-electron chi connectivity index (χ4n) is 2.62. The first-order valence-electron chi connectivity index (χ1n) is 7.53. The molecule has 1 fully saturated rings. The van der Waals surface area contributed by atoms with Gasteiger partial charge in [-0.3, -0.25) is 0 Å². The van der Waals surface area contributed by atoms with Gasteiger partial charge in [0.15, 0.2) is 11.5 Å². The van der Waals surface area contributed by atoms with Gasteiger partial charge in [-0.05, 0) is 12.1 Å². The van der Waals surface area contributed by atoms with Gasteiger partial charge >= 0.3 is 5.63 Å². The van der Waals surface area contributed by atoms with E-state index in [-0.39, 0.29) is 17.1 Å². The van der Waals surface area contributed by atoms with E-state index in [0.717, 1.165) is 0 Å². The van der Waals surface area contributed by atoms with E-state index in [1.54, 1.807) is 12.1 Å². The first kappa shape index (κ1) is 17.6. The molecule has 0 bridgehead atoms. The Kier molecular flexibility index (Phi) is 4.93. The normalized spacial score (nSPS) is 29.6. The number of rotatable bonds is 4. The maximum Gasteiger partial charge on any atom is 0.336 e. The molecule has 9 heteroatoms. The van der Waals surface area contributed by atoms with Gasteiger partial charge in [0.1, 0.15) is 30.0 Å². The van der Waals surface area contributed by atoms with Gasteiger partial charge in [-0.15, -0.1) is 0 Å². The van der Waals surface area contributed by atoms with Crippen molar-refractivity contribution in [3.63, 3.8) is 0 Å². The van der Waals surface area contributed by atoms with Crippen LogP contribution in [0.2, 0.25) is 0 Å². The second-order valence-electron chi connectivity index (χ2n) is 5.61. The molecule has 1 aliphatic heterocycles. The predicted molar refractivity (Wildman–Crippen MR) is 83.4 cm³/mol. The third-order valence-electron chi connectivity index (χ3n) is 4.00. The largest absolute Gasteiger partial charge is 0.493 e. The fraction of sp³-hybridized carbons (Fsp3) is 0.438. The van der Waals surface area contributed by atoms with Crippen LogP contribution in [-0.2, 0) is 4.74 Å². The highest BCUT2D eigenvalue weighted by Crippen LogP contribution is 2.34. The number of methoxy groups -OCH3 is 1. The van der Waals surface area contributed by atoms with Crippen LogP contribution >= 0.6 is 0 Å². The maximum absolute atomic E-state index is 11.4. The highest BCUT2D eigenvalue weighted by Gasteiger charge is 2.45. The Balaban J connectivity index is 1.94. The second-order valence-corrected chi connectivity index (χ2v) is 5.61. The fourth-order valence-corrected chi connectivity index (χ4v) is 2.62. The summed E-state index contributed by atoms with van der Waals surface area (Å²) in [7, 11) is 1.40. The molecular weight excluding hydrogens is 336 g/mol. The highest BCUT2D eigenvalue weighted by atomic mass is 16.7. The van der Waals surface area contributed by atoms with Gasteiger partial charge in [0, 0.05) is 17.5 Å². The van der Waals surface area contributed by atoms with Crippen molar-refractivity contribution >= 4 is 11.0 Å². The van der Waals surface area contributed by atoms with Crippen molar-refractivity contribution in [1.29, 1.82) is 0 Å². The quantitative estimate of drug-likeness (QED) is 0.508. The summed E-state index contributed by atoms with van der Waals surface area (Å²) in [6, 6.07) is 5.77. The number of fused-ring (bicyclic) bond motifs is 1. The van der Waals surface area contributed by atoms with Gasteiger partial charge < -0.3 is 39.1 Å². The van der Waals surface area contributed by atoms with Gasteiger partial charge in [0.05, 0.1) is 13.7 Å². The number of aliphatic hydroxyl groups is 4. The van der Waals surface area contributed by atoms with E-state index >= 15 is 0 Å². The zero-order chi connectivity index (χ0) is 18.1. The third kappa shape index (κ3) is 3.32. The molecule has 0 spiro atoms. The predicted octanol–water partition coefficient (Wildman–Crippen LogP) is -1.02. The smallest absolute Gasteiger partial charge is 0.336 e. The molecule has 9 nitrogen and oxygen atoms in total. The second kappa shape index (κ2) is 6.98. The minimum atomic E-state index is -1.57. The van der Waals surface area contributed by atoms with Crippen molar-refractivity contribution < 1.29 is 39.1 Å². The van der Waals surface area contributed by atoms with Gasteiger partial charge in [-0.2, -0.15) is 0 Å². The van der Waals surface area contributed by atoms with E-state index in [1.165, 1.54) is 19.2 Å². The van der Waals surface area contributed by atoms with Crippen molar-refractivity contribution in [2.45, 2.75) is 30.7 Å². The van der Waals surface area contributed by atoms with Gasteiger partial charge in [-0.25, -0.2) is 4.79 Å². The van der Waals surface area contributed by atoms with Crippen molar-refractivity contribution in [2.24, 2.45) is 0 Å². The summed E-state index contributed by atoms with van der Waals surface area (Å²) in [5.41, 5.74) is -0.315. The standard InChI is InChI=1S/C16H18O9/c1-22-9-4-7-2-3-12(18)23-8(7)5-10(9)24-16-15(21)14(20)13(19)11(6-17)25-16/h2-5,11,13-17,19-21H,6H2,1H3. The SMILES string of the molecule is COc1cc2ccc(=O)oc2cc1OC1OC(CO)C(O)C(O)C1O. The minimum Gasteiger partial charge on any atom is -0.493 e. The Labute approximate surface area is 141 Å². The van der Waals surface area contributed by atoms with Crippen LogP contribution in [0.4, 0.5) is 0 Å². The molecule has 0 radical (unpaired) electrons. The molecule has 5 unspecified atom stereocenters. The number of benzene rings is 1. The lowest BCUT2D eigenvalue weighted by molar-refractivity contribution is -0.277. The lowest BCUT2D eigenvalue weighted by Crippen LogP contribution is -2.60. The lowest BCUT2D eigenvalue weighted by atomic mass is 9.99. The molecule has 1 aliphatic rings. The monoisotopic (exact) mass is 354 g/mol. The summed E-state index contributed by atoms with van der Waals surface area (Å²) < 4.78 is 21.1. The number of hydrogen-bond acceptors (Lipinski definition) is 9. The van der Waals surface area contributed by atoms with Crippen molar-refractivity contribution in [1.82, 2.24) is 0 Å². The van der Waals surface area contributed by atoms with E-state index in [0.29, 0.717) is 5.39 Å². The van der Waals surface area contributed by atoms with E-state index in [1.807, 2.05) is 0 Å². The number of hydrogen-bond donors (Lipinski definition) is 4. The van der Waals surface area contributed by atoms with Gasteiger partial charge in [-0.1, -0.05) is 0 Å². The van der Waals surface area contributed by atoms with Gasteiger partial charge in [0.25, 0.3) is 0 Å². The van der Waals surface area contributed by atoms with Crippen LogP contribution in [0, 0.1) is 0 Å². The van der Waals surface area contributed by atoms with Gasteiger partial charge in [0.2, 0.25) is 6.29 Å². The van der Waals surface area contributed by atoms with Crippen LogP contribution in [0.25, 0.3) is 11.0 Å². The number of aliphatic hydroxyl groups excluding tert-OH is 4. The van der Waals surface area contributed by atoms with Crippen LogP contribution in [0.15, 0.2) is 33.5 Å². The van der Waals surface area contributed by atoms with E-state index in [2.05, 4.69) is 0 Å². The summed E-state index contributed by atoms with van der Waals surface area (Å²) in [5, 5.41) is 39.5. The first-order valence-corrected chi connectivity index (χ1v) is 7.53. The lowest BCUT2D eigenvalue weighted by Gasteiger charge is -2.39. The molecular formula is C16H18O9. The molecule has 0 aliphatic carbocycles. The minimum absolute atomic E-state index is 0.0914. The Morgan fingerprint density at radius 2 is 1.84 bits per heavy atom. The molecule has 2 heterocycles. The van der Waals surface area contributed by atoms with Crippen LogP contribution in [-0.4, -0.2) is 64.8 Å². The Morgan fingerprint density at radius 1 is 1.08 bits per heavy atom. The molecule has 1 saturated heterocycles. The Hall–Kier alpha value is -2.17. The highest BCUT2D eigenvalue weighted by molar-refractivity contribution is 5.80. The van der Waals surface area contributed by atoms with Crippen LogP contribution in [0.3, 0.4) is 0 Å². The van der Waals surface area contributed by atoms with E-state index < -0.39 is 42.9 Å². The molecule has 0 amide bonds. The van der Waals surface area contributed by atoms with Crippen molar-refractivity contribution in [3.8, 4) is 11.5 Å². The summed E-state index contributed by atoms with van der Waals surface area (Å²) in [6.45, 7) is -0.575. The summed E-state index contributed by atoms with van der Waals surface area (Å²) in [4.78, 5) is 11.4. The Morgan fingerprint density at radius 3 is 2.52 bits per heavy atom.